The lowest BCUT2D eigenvalue weighted by atomic mass is 10.1. The lowest BCUT2D eigenvalue weighted by molar-refractivity contribution is 0.771. The molecule has 3 rings (SSSR count). The highest BCUT2D eigenvalue weighted by atomic mass is 15.1. The van der Waals surface area contributed by atoms with E-state index in [0.29, 0.717) is 5.82 Å². The van der Waals surface area contributed by atoms with E-state index >= 15 is 0 Å². The van der Waals surface area contributed by atoms with Gasteiger partial charge in [-0.1, -0.05) is 24.3 Å². The number of benzene rings is 1. The van der Waals surface area contributed by atoms with Crippen molar-refractivity contribution < 1.29 is 0 Å². The molecule has 4 heteroatoms. The fourth-order valence-corrected chi connectivity index (χ4v) is 2.16. The first-order valence-electron chi connectivity index (χ1n) is 5.95. The maximum atomic E-state index is 6.11. The highest BCUT2D eigenvalue weighted by Crippen LogP contribution is 2.30. The van der Waals surface area contributed by atoms with Gasteiger partial charge in [0.05, 0.1) is 6.33 Å². The van der Waals surface area contributed by atoms with Crippen molar-refractivity contribution in [3.63, 3.8) is 0 Å². The molecular weight excluding hydrogens is 224 g/mol. The fraction of sp³-hybridized carbons (Fsp3) is 0.143. The van der Waals surface area contributed by atoms with Crippen molar-refractivity contribution in [1.82, 2.24) is 14.5 Å². The third-order valence-electron chi connectivity index (χ3n) is 3.14. The van der Waals surface area contributed by atoms with Gasteiger partial charge in [0.25, 0.3) is 0 Å². The summed E-state index contributed by atoms with van der Waals surface area (Å²) in [6, 6.07) is 8.12. The average molecular weight is 238 g/mol. The number of nitrogens with two attached hydrogens (primary N) is 1. The quantitative estimate of drug-likeness (QED) is 0.746. The van der Waals surface area contributed by atoms with Crippen LogP contribution in [0.15, 0.2) is 43.0 Å². The number of fused-ring (bicyclic) bond motifs is 1. The summed E-state index contributed by atoms with van der Waals surface area (Å²) in [6.45, 7) is 2.86. The maximum absolute atomic E-state index is 6.11. The molecule has 0 unspecified atom stereocenters. The van der Waals surface area contributed by atoms with Crippen molar-refractivity contribution in [2.45, 2.75) is 13.5 Å². The highest BCUT2D eigenvalue weighted by Gasteiger charge is 2.12. The molecule has 0 fully saturated rings. The van der Waals surface area contributed by atoms with E-state index in [1.54, 1.807) is 6.33 Å². The molecule has 4 nitrogen and oxygen atoms in total. The fourth-order valence-electron chi connectivity index (χ4n) is 2.16. The Bertz CT molecular complexity index is 695. The molecule has 0 radical (unpaired) electrons. The Morgan fingerprint density at radius 3 is 2.83 bits per heavy atom. The zero-order valence-corrected chi connectivity index (χ0v) is 10.2. The summed E-state index contributed by atoms with van der Waals surface area (Å²) in [4.78, 5) is 8.67. The Labute approximate surface area is 105 Å². The van der Waals surface area contributed by atoms with Crippen molar-refractivity contribution in [3.8, 4) is 11.3 Å². The van der Waals surface area contributed by atoms with Gasteiger partial charge in [0.1, 0.15) is 11.5 Å². The summed E-state index contributed by atoms with van der Waals surface area (Å²) in [6.07, 6.45) is 5.44. The van der Waals surface area contributed by atoms with E-state index in [9.17, 15) is 0 Å². The van der Waals surface area contributed by atoms with Crippen molar-refractivity contribution in [2.24, 2.45) is 0 Å². The normalized spacial score (nSPS) is 10.9. The van der Waals surface area contributed by atoms with Crippen molar-refractivity contribution >= 4 is 16.6 Å². The van der Waals surface area contributed by atoms with E-state index in [2.05, 4.69) is 16.0 Å². The first-order valence-corrected chi connectivity index (χ1v) is 5.95. The zero-order valence-electron chi connectivity index (χ0n) is 10.2. The second-order valence-electron chi connectivity index (χ2n) is 4.17. The molecule has 0 saturated carbocycles. The number of aryl methyl sites for hydroxylation is 1. The van der Waals surface area contributed by atoms with E-state index < -0.39 is 0 Å². The molecule has 0 aliphatic heterocycles. The SMILES string of the molecule is CCn1cnc(-c2cncc3ccccc23)c1N. The van der Waals surface area contributed by atoms with Gasteiger partial charge in [-0.2, -0.15) is 0 Å². The zero-order chi connectivity index (χ0) is 12.5. The predicted molar refractivity (Wildman–Crippen MR) is 73.1 cm³/mol. The molecule has 0 amide bonds. The maximum Gasteiger partial charge on any atom is 0.131 e. The van der Waals surface area contributed by atoms with Crippen LogP contribution in [0.1, 0.15) is 6.92 Å². The van der Waals surface area contributed by atoms with E-state index in [4.69, 9.17) is 5.73 Å². The standard InChI is InChI=1S/C14H14N4/c1-2-18-9-17-13(14(18)15)12-8-16-7-10-5-3-4-6-11(10)12/h3-9H,2,15H2,1H3. The molecule has 1 aromatic carbocycles. The molecule has 0 aliphatic rings. The van der Waals surface area contributed by atoms with Gasteiger partial charge in [-0.05, 0) is 12.3 Å². The second-order valence-corrected chi connectivity index (χ2v) is 4.17. The van der Waals surface area contributed by atoms with Crippen molar-refractivity contribution in [1.29, 1.82) is 0 Å². The van der Waals surface area contributed by atoms with Crippen LogP contribution in [-0.2, 0) is 6.54 Å². The predicted octanol–water partition coefficient (Wildman–Crippen LogP) is 2.70. The van der Waals surface area contributed by atoms with Crippen LogP contribution in [0.2, 0.25) is 0 Å². The first kappa shape index (κ1) is 10.8. The molecule has 18 heavy (non-hydrogen) atoms. The highest BCUT2D eigenvalue weighted by molar-refractivity contribution is 5.96. The van der Waals surface area contributed by atoms with Gasteiger partial charge in [-0.15, -0.1) is 0 Å². The lowest BCUT2D eigenvalue weighted by Gasteiger charge is -2.05. The molecule has 3 aromatic rings. The minimum Gasteiger partial charge on any atom is -0.383 e. The Hall–Kier alpha value is -2.36. The van der Waals surface area contributed by atoms with Crippen LogP contribution in [0.25, 0.3) is 22.0 Å². The molecule has 0 saturated heterocycles. The number of pyridine rings is 1. The van der Waals surface area contributed by atoms with Crippen molar-refractivity contribution in [3.05, 3.63) is 43.0 Å². The summed E-state index contributed by atoms with van der Waals surface area (Å²) in [7, 11) is 0. The monoisotopic (exact) mass is 238 g/mol. The first-order chi connectivity index (χ1) is 8.81. The summed E-state index contributed by atoms with van der Waals surface area (Å²) in [5, 5.41) is 2.22. The molecule has 90 valence electrons. The largest absolute Gasteiger partial charge is 0.383 e. The van der Waals surface area contributed by atoms with Crippen LogP contribution in [0.5, 0.6) is 0 Å². The topological polar surface area (TPSA) is 56.7 Å². The number of hydrogen-bond acceptors (Lipinski definition) is 3. The van der Waals surface area contributed by atoms with Gasteiger partial charge in [0, 0.05) is 29.9 Å². The molecule has 2 aromatic heterocycles. The Morgan fingerprint density at radius 1 is 1.22 bits per heavy atom. The van der Waals surface area contributed by atoms with Gasteiger partial charge >= 0.3 is 0 Å². The molecule has 0 spiro atoms. The van der Waals surface area contributed by atoms with Crippen molar-refractivity contribution in [2.75, 3.05) is 5.73 Å². The van der Waals surface area contributed by atoms with Crippen LogP contribution in [-0.4, -0.2) is 14.5 Å². The third-order valence-corrected chi connectivity index (χ3v) is 3.14. The van der Waals surface area contributed by atoms with Crippen LogP contribution in [0.3, 0.4) is 0 Å². The summed E-state index contributed by atoms with van der Waals surface area (Å²) in [5.74, 6) is 0.690. The number of anilines is 1. The van der Waals surface area contributed by atoms with Gasteiger partial charge in [-0.25, -0.2) is 4.98 Å². The van der Waals surface area contributed by atoms with Gasteiger partial charge in [0.2, 0.25) is 0 Å². The second kappa shape index (κ2) is 4.14. The molecule has 0 atom stereocenters. The number of rotatable bonds is 2. The smallest absolute Gasteiger partial charge is 0.131 e. The molecular formula is C14H14N4. The van der Waals surface area contributed by atoms with Gasteiger partial charge in [-0.3, -0.25) is 4.98 Å². The summed E-state index contributed by atoms with van der Waals surface area (Å²) >= 11 is 0. The van der Waals surface area contributed by atoms with Gasteiger partial charge in [0.15, 0.2) is 0 Å². The number of nitrogens with zero attached hydrogens (tertiary/aromatic N) is 3. The average Bonchev–Trinajstić information content (AvgIpc) is 2.79. The van der Waals surface area contributed by atoms with Crippen LogP contribution < -0.4 is 5.73 Å². The molecule has 2 heterocycles. The molecule has 0 bridgehead atoms. The minimum absolute atomic E-state index is 0.690. The Kier molecular flexibility index (Phi) is 2.48. The number of hydrogen-bond donors (Lipinski definition) is 1. The Morgan fingerprint density at radius 2 is 2.06 bits per heavy atom. The third kappa shape index (κ3) is 1.54. The molecule has 2 N–H and O–H groups in total. The Balaban J connectivity index is 2.28. The molecule has 0 aliphatic carbocycles. The van der Waals surface area contributed by atoms with Crippen LogP contribution >= 0.6 is 0 Å². The number of aromatic nitrogens is 3. The minimum atomic E-state index is 0.690. The van der Waals surface area contributed by atoms with Crippen LogP contribution in [0, 0.1) is 0 Å². The number of imidazole rings is 1. The number of nitrogen functional groups attached to an aromatic ring is 1. The van der Waals surface area contributed by atoms with E-state index in [0.717, 1.165) is 28.6 Å². The lowest BCUT2D eigenvalue weighted by Crippen LogP contribution is -1.99. The van der Waals surface area contributed by atoms with E-state index in [1.807, 2.05) is 42.1 Å². The van der Waals surface area contributed by atoms with Gasteiger partial charge < -0.3 is 10.3 Å². The van der Waals surface area contributed by atoms with E-state index in [-0.39, 0.29) is 0 Å². The van der Waals surface area contributed by atoms with E-state index in [1.165, 1.54) is 0 Å². The summed E-state index contributed by atoms with van der Waals surface area (Å²) < 4.78 is 1.93. The summed E-state index contributed by atoms with van der Waals surface area (Å²) in [5.41, 5.74) is 7.90. The van der Waals surface area contributed by atoms with Crippen LogP contribution in [0.4, 0.5) is 5.82 Å².